The SMILES string of the molecule is Cc1ccccc1SC(C)(CCCc1ccc(Cl)cc1)Cn1ccnc1. The van der Waals surface area contributed by atoms with E-state index in [1.54, 1.807) is 0 Å². The van der Waals surface area contributed by atoms with E-state index in [2.05, 4.69) is 66.0 Å². The molecule has 136 valence electrons. The molecule has 0 aliphatic carbocycles. The Labute approximate surface area is 165 Å². The monoisotopic (exact) mass is 384 g/mol. The molecule has 0 saturated heterocycles. The second kappa shape index (κ2) is 8.79. The summed E-state index contributed by atoms with van der Waals surface area (Å²) in [6.45, 7) is 5.51. The van der Waals surface area contributed by atoms with Crippen molar-refractivity contribution in [3.63, 3.8) is 0 Å². The van der Waals surface area contributed by atoms with E-state index in [0.29, 0.717) is 0 Å². The average molecular weight is 385 g/mol. The van der Waals surface area contributed by atoms with Crippen LogP contribution in [0.1, 0.15) is 30.9 Å². The number of aromatic nitrogens is 2. The third kappa shape index (κ3) is 5.39. The number of aryl methyl sites for hydroxylation is 2. The Morgan fingerprint density at radius 3 is 2.58 bits per heavy atom. The van der Waals surface area contributed by atoms with Crippen LogP contribution in [0, 0.1) is 6.92 Å². The van der Waals surface area contributed by atoms with Gasteiger partial charge in [-0.1, -0.05) is 41.9 Å². The lowest BCUT2D eigenvalue weighted by Crippen LogP contribution is -2.27. The number of nitrogens with zero attached hydrogens (tertiary/aromatic N) is 2. The van der Waals surface area contributed by atoms with Gasteiger partial charge in [0, 0.05) is 33.6 Å². The van der Waals surface area contributed by atoms with Crippen LogP contribution in [0.3, 0.4) is 0 Å². The average Bonchev–Trinajstić information content (AvgIpc) is 3.11. The molecular formula is C22H25ClN2S. The summed E-state index contributed by atoms with van der Waals surface area (Å²) in [6, 6.07) is 16.9. The van der Waals surface area contributed by atoms with Gasteiger partial charge in [0.2, 0.25) is 0 Å². The fourth-order valence-electron chi connectivity index (χ4n) is 3.18. The highest BCUT2D eigenvalue weighted by Gasteiger charge is 2.26. The summed E-state index contributed by atoms with van der Waals surface area (Å²) >= 11 is 7.97. The van der Waals surface area contributed by atoms with E-state index in [0.717, 1.165) is 30.8 Å². The van der Waals surface area contributed by atoms with Crippen LogP contribution in [-0.4, -0.2) is 14.3 Å². The predicted molar refractivity (Wildman–Crippen MR) is 112 cm³/mol. The number of rotatable bonds is 8. The first-order chi connectivity index (χ1) is 12.5. The molecule has 1 atom stereocenters. The maximum Gasteiger partial charge on any atom is 0.0946 e. The maximum atomic E-state index is 5.99. The number of imidazole rings is 1. The van der Waals surface area contributed by atoms with E-state index in [4.69, 9.17) is 11.6 Å². The summed E-state index contributed by atoms with van der Waals surface area (Å²) in [5, 5.41) is 0.800. The van der Waals surface area contributed by atoms with E-state index < -0.39 is 0 Å². The van der Waals surface area contributed by atoms with Gasteiger partial charge < -0.3 is 4.57 Å². The number of halogens is 1. The number of hydrogen-bond acceptors (Lipinski definition) is 2. The van der Waals surface area contributed by atoms with Crippen molar-refractivity contribution in [3.8, 4) is 0 Å². The smallest absolute Gasteiger partial charge is 0.0946 e. The van der Waals surface area contributed by atoms with Crippen molar-refractivity contribution < 1.29 is 0 Å². The van der Waals surface area contributed by atoms with Gasteiger partial charge in [0.25, 0.3) is 0 Å². The molecule has 0 saturated carbocycles. The van der Waals surface area contributed by atoms with Crippen molar-refractivity contribution in [2.24, 2.45) is 0 Å². The van der Waals surface area contributed by atoms with Crippen molar-refractivity contribution >= 4 is 23.4 Å². The standard InChI is InChI=1S/C22H25ClN2S/c1-18-6-3-4-8-21(18)26-22(2,16-25-15-14-24-17-25)13-5-7-19-9-11-20(23)12-10-19/h3-4,6,8-12,14-15,17H,5,7,13,16H2,1-2H3. The van der Waals surface area contributed by atoms with Gasteiger partial charge >= 0.3 is 0 Å². The molecule has 3 rings (SSSR count). The Kier molecular flexibility index (Phi) is 6.44. The summed E-state index contributed by atoms with van der Waals surface area (Å²) in [5.41, 5.74) is 2.69. The fraction of sp³-hybridized carbons (Fsp3) is 0.318. The Morgan fingerprint density at radius 1 is 1.12 bits per heavy atom. The van der Waals surface area contributed by atoms with E-state index in [9.17, 15) is 0 Å². The van der Waals surface area contributed by atoms with E-state index >= 15 is 0 Å². The molecule has 0 fully saturated rings. The molecule has 2 aromatic carbocycles. The Balaban J connectivity index is 1.69. The van der Waals surface area contributed by atoms with Crippen molar-refractivity contribution in [2.75, 3.05) is 0 Å². The Bertz CT molecular complexity index is 814. The second-order valence-corrected chi connectivity index (χ2v) is 9.10. The fourth-order valence-corrected chi connectivity index (χ4v) is 4.68. The third-order valence-electron chi connectivity index (χ3n) is 4.61. The molecule has 0 amide bonds. The molecule has 0 N–H and O–H groups in total. The molecule has 1 aromatic heterocycles. The number of thioether (sulfide) groups is 1. The minimum Gasteiger partial charge on any atom is -0.336 e. The third-order valence-corrected chi connectivity index (χ3v) is 6.37. The molecule has 4 heteroatoms. The van der Waals surface area contributed by atoms with Gasteiger partial charge in [-0.25, -0.2) is 4.98 Å². The zero-order chi connectivity index (χ0) is 18.4. The normalized spacial score (nSPS) is 13.5. The van der Waals surface area contributed by atoms with Gasteiger partial charge in [-0.15, -0.1) is 11.8 Å². The first kappa shape index (κ1) is 19.1. The molecule has 0 aliphatic heterocycles. The molecular weight excluding hydrogens is 360 g/mol. The van der Waals surface area contributed by atoms with Crippen LogP contribution >= 0.6 is 23.4 Å². The highest BCUT2D eigenvalue weighted by atomic mass is 35.5. The lowest BCUT2D eigenvalue weighted by molar-refractivity contribution is 0.480. The van der Waals surface area contributed by atoms with Gasteiger partial charge in [0.15, 0.2) is 0 Å². The molecule has 1 heterocycles. The second-order valence-electron chi connectivity index (χ2n) is 7.03. The largest absolute Gasteiger partial charge is 0.336 e. The van der Waals surface area contributed by atoms with Crippen molar-refractivity contribution in [2.45, 2.75) is 49.3 Å². The zero-order valence-electron chi connectivity index (χ0n) is 15.4. The lowest BCUT2D eigenvalue weighted by Gasteiger charge is -2.30. The molecule has 3 aromatic rings. The molecule has 0 radical (unpaired) electrons. The summed E-state index contributed by atoms with van der Waals surface area (Å²) in [6.07, 6.45) is 9.17. The predicted octanol–water partition coefficient (Wildman–Crippen LogP) is 6.42. The minimum absolute atomic E-state index is 0.110. The Hall–Kier alpha value is -1.71. The van der Waals surface area contributed by atoms with Crippen LogP contribution in [0.4, 0.5) is 0 Å². The molecule has 0 spiro atoms. The first-order valence-corrected chi connectivity index (χ1v) is 10.2. The summed E-state index contributed by atoms with van der Waals surface area (Å²) in [7, 11) is 0. The van der Waals surface area contributed by atoms with Gasteiger partial charge in [0.05, 0.1) is 6.33 Å². The topological polar surface area (TPSA) is 17.8 Å². The van der Waals surface area contributed by atoms with Gasteiger partial charge in [-0.05, 0) is 62.4 Å². The van der Waals surface area contributed by atoms with Crippen LogP contribution in [0.2, 0.25) is 5.02 Å². The number of benzene rings is 2. The molecule has 26 heavy (non-hydrogen) atoms. The summed E-state index contributed by atoms with van der Waals surface area (Å²) in [4.78, 5) is 5.57. The van der Waals surface area contributed by atoms with Gasteiger partial charge in [-0.3, -0.25) is 0 Å². The van der Waals surface area contributed by atoms with Crippen LogP contribution in [-0.2, 0) is 13.0 Å². The molecule has 0 aliphatic rings. The lowest BCUT2D eigenvalue weighted by atomic mass is 10.00. The minimum atomic E-state index is 0.110. The highest BCUT2D eigenvalue weighted by molar-refractivity contribution is 8.00. The van der Waals surface area contributed by atoms with Crippen molar-refractivity contribution in [1.29, 1.82) is 0 Å². The van der Waals surface area contributed by atoms with Crippen LogP contribution < -0.4 is 0 Å². The summed E-state index contributed by atoms with van der Waals surface area (Å²) < 4.78 is 2.30. The first-order valence-electron chi connectivity index (χ1n) is 8.99. The van der Waals surface area contributed by atoms with Crippen LogP contribution in [0.5, 0.6) is 0 Å². The molecule has 2 nitrogen and oxygen atoms in total. The maximum absolute atomic E-state index is 5.99. The van der Waals surface area contributed by atoms with E-state index in [-0.39, 0.29) is 4.75 Å². The van der Waals surface area contributed by atoms with Crippen LogP contribution in [0.15, 0.2) is 72.1 Å². The highest BCUT2D eigenvalue weighted by Crippen LogP contribution is 2.39. The van der Waals surface area contributed by atoms with E-state index in [1.165, 1.54) is 16.0 Å². The van der Waals surface area contributed by atoms with Crippen molar-refractivity contribution in [1.82, 2.24) is 9.55 Å². The van der Waals surface area contributed by atoms with Crippen molar-refractivity contribution in [3.05, 3.63) is 83.4 Å². The quantitative estimate of drug-likeness (QED) is 0.417. The van der Waals surface area contributed by atoms with E-state index in [1.807, 2.05) is 36.4 Å². The molecule has 0 bridgehead atoms. The zero-order valence-corrected chi connectivity index (χ0v) is 16.9. The summed E-state index contributed by atoms with van der Waals surface area (Å²) in [5.74, 6) is 0. The van der Waals surface area contributed by atoms with Gasteiger partial charge in [0.1, 0.15) is 0 Å². The Morgan fingerprint density at radius 2 is 1.88 bits per heavy atom. The van der Waals surface area contributed by atoms with Gasteiger partial charge in [-0.2, -0.15) is 0 Å². The molecule has 1 unspecified atom stereocenters. The van der Waals surface area contributed by atoms with Crippen LogP contribution in [0.25, 0.3) is 0 Å². The number of hydrogen-bond donors (Lipinski definition) is 0.